The van der Waals surface area contributed by atoms with Crippen molar-refractivity contribution in [2.24, 2.45) is 5.10 Å². The number of amides is 1. The zero-order valence-corrected chi connectivity index (χ0v) is 12.2. The lowest BCUT2D eigenvalue weighted by Crippen LogP contribution is -2.25. The summed E-state index contributed by atoms with van der Waals surface area (Å²) < 4.78 is 5.52. The van der Waals surface area contributed by atoms with Gasteiger partial charge in [0.05, 0.1) is 5.71 Å². The summed E-state index contributed by atoms with van der Waals surface area (Å²) in [6.45, 7) is 5.99. The van der Waals surface area contributed by atoms with Gasteiger partial charge >= 0.3 is 0 Å². The fraction of sp³-hybridized carbons (Fsp3) is 0.375. The Hall–Kier alpha value is -2.10. The van der Waals surface area contributed by atoms with Crippen molar-refractivity contribution < 1.29 is 9.53 Å². The Balaban J connectivity index is 1.85. The van der Waals surface area contributed by atoms with Crippen LogP contribution in [0.5, 0.6) is 5.75 Å². The van der Waals surface area contributed by atoms with Crippen LogP contribution in [0.4, 0.5) is 0 Å². The number of carbonyl (C=O) groups excluding carboxylic acids is 1. The van der Waals surface area contributed by atoms with Gasteiger partial charge < -0.3 is 4.74 Å². The van der Waals surface area contributed by atoms with Crippen LogP contribution in [0.3, 0.4) is 0 Å². The summed E-state index contributed by atoms with van der Waals surface area (Å²) in [5.41, 5.74) is 6.87. The van der Waals surface area contributed by atoms with E-state index in [1.54, 1.807) is 0 Å². The molecule has 20 heavy (non-hydrogen) atoms. The molecule has 0 atom stereocenters. The molecule has 1 aromatic carbocycles. The number of ether oxygens (including phenoxy) is 1. The largest absolute Gasteiger partial charge is 0.483 e. The highest BCUT2D eigenvalue weighted by atomic mass is 16.5. The molecule has 2 rings (SSSR count). The lowest BCUT2D eigenvalue weighted by molar-refractivity contribution is -0.123. The average Bonchev–Trinajstić information content (AvgIpc) is 2.83. The van der Waals surface area contributed by atoms with Gasteiger partial charge in [0.1, 0.15) is 5.75 Å². The maximum Gasteiger partial charge on any atom is 0.277 e. The Labute approximate surface area is 119 Å². The molecular weight excluding hydrogens is 252 g/mol. The van der Waals surface area contributed by atoms with E-state index >= 15 is 0 Å². The number of allylic oxidation sites excluding steroid dienone is 2. The van der Waals surface area contributed by atoms with Crippen LogP contribution < -0.4 is 10.2 Å². The van der Waals surface area contributed by atoms with Gasteiger partial charge in [-0.1, -0.05) is 17.7 Å². The number of carbonyl (C=O) groups is 1. The number of hydrazone groups is 1. The van der Waals surface area contributed by atoms with E-state index in [4.69, 9.17) is 4.74 Å². The van der Waals surface area contributed by atoms with Crippen molar-refractivity contribution in [1.29, 1.82) is 0 Å². The van der Waals surface area contributed by atoms with Gasteiger partial charge in [-0.3, -0.25) is 4.79 Å². The molecule has 0 spiro atoms. The van der Waals surface area contributed by atoms with E-state index in [9.17, 15) is 4.79 Å². The van der Waals surface area contributed by atoms with Gasteiger partial charge in [0.2, 0.25) is 0 Å². The monoisotopic (exact) mass is 272 g/mol. The molecule has 0 aliphatic heterocycles. The molecule has 4 heteroatoms. The maximum atomic E-state index is 11.7. The molecule has 1 amide bonds. The molecule has 0 saturated heterocycles. The van der Waals surface area contributed by atoms with Gasteiger partial charge in [-0.05, 0) is 56.9 Å². The first-order valence-corrected chi connectivity index (χ1v) is 6.77. The Morgan fingerprint density at radius 1 is 1.30 bits per heavy atom. The number of aryl methyl sites for hydroxylation is 2. The minimum Gasteiger partial charge on any atom is -0.483 e. The van der Waals surface area contributed by atoms with E-state index in [0.717, 1.165) is 35.4 Å². The first-order chi connectivity index (χ1) is 9.54. The zero-order valence-electron chi connectivity index (χ0n) is 12.2. The smallest absolute Gasteiger partial charge is 0.277 e. The number of nitrogens with one attached hydrogen (secondary N) is 1. The van der Waals surface area contributed by atoms with E-state index < -0.39 is 0 Å². The number of benzene rings is 1. The Morgan fingerprint density at radius 2 is 2.10 bits per heavy atom. The van der Waals surface area contributed by atoms with Gasteiger partial charge in [-0.2, -0.15) is 5.10 Å². The highest BCUT2D eigenvalue weighted by Gasteiger charge is 2.08. The Kier molecular flexibility index (Phi) is 4.56. The fourth-order valence-electron chi connectivity index (χ4n) is 2.01. The summed E-state index contributed by atoms with van der Waals surface area (Å²) in [4.78, 5) is 11.7. The lowest BCUT2D eigenvalue weighted by atomic mass is 10.1. The van der Waals surface area contributed by atoms with Crippen LogP contribution in [0, 0.1) is 13.8 Å². The van der Waals surface area contributed by atoms with Crippen molar-refractivity contribution in [3.05, 3.63) is 41.0 Å². The Morgan fingerprint density at radius 3 is 2.80 bits per heavy atom. The molecule has 1 aliphatic carbocycles. The molecule has 0 heterocycles. The van der Waals surface area contributed by atoms with Crippen LogP contribution in [0.25, 0.3) is 0 Å². The minimum absolute atomic E-state index is 0.0240. The molecule has 0 bridgehead atoms. The summed E-state index contributed by atoms with van der Waals surface area (Å²) in [5, 5.41) is 4.09. The van der Waals surface area contributed by atoms with Gasteiger partial charge in [0.25, 0.3) is 5.91 Å². The number of hydrogen-bond acceptors (Lipinski definition) is 3. The predicted octanol–water partition coefficient (Wildman–Crippen LogP) is 2.89. The van der Waals surface area contributed by atoms with Crippen LogP contribution in [0.2, 0.25) is 0 Å². The number of hydrogen-bond donors (Lipinski definition) is 1. The highest BCUT2D eigenvalue weighted by Crippen LogP contribution is 2.18. The lowest BCUT2D eigenvalue weighted by Gasteiger charge is -2.09. The SMILES string of the molecule is CC1=CC(=NNC(=O)COc2cc(C)ccc2C)CC1. The van der Waals surface area contributed by atoms with Gasteiger partial charge in [-0.25, -0.2) is 5.43 Å². The molecule has 1 aromatic rings. The second-order valence-corrected chi connectivity index (χ2v) is 5.19. The fourth-order valence-corrected chi connectivity index (χ4v) is 2.01. The van der Waals surface area contributed by atoms with Gasteiger partial charge in [-0.15, -0.1) is 0 Å². The summed E-state index contributed by atoms with van der Waals surface area (Å²) >= 11 is 0. The van der Waals surface area contributed by atoms with E-state index in [-0.39, 0.29) is 12.5 Å². The molecule has 106 valence electrons. The predicted molar refractivity (Wildman–Crippen MR) is 80.0 cm³/mol. The first kappa shape index (κ1) is 14.3. The highest BCUT2D eigenvalue weighted by molar-refractivity contribution is 5.98. The van der Waals surface area contributed by atoms with Crippen LogP contribution in [0.15, 0.2) is 34.9 Å². The minimum atomic E-state index is -0.239. The average molecular weight is 272 g/mol. The molecule has 1 N–H and O–H groups in total. The third kappa shape index (κ3) is 3.95. The molecule has 4 nitrogen and oxygen atoms in total. The quantitative estimate of drug-likeness (QED) is 0.857. The summed E-state index contributed by atoms with van der Waals surface area (Å²) in [6, 6.07) is 5.93. The normalized spacial score (nSPS) is 16.1. The second-order valence-electron chi connectivity index (χ2n) is 5.19. The molecule has 0 unspecified atom stereocenters. The summed E-state index contributed by atoms with van der Waals surface area (Å²) in [5.74, 6) is 0.501. The first-order valence-electron chi connectivity index (χ1n) is 6.77. The van der Waals surface area contributed by atoms with E-state index in [1.165, 1.54) is 5.57 Å². The van der Waals surface area contributed by atoms with Crippen molar-refractivity contribution in [3.8, 4) is 5.75 Å². The third-order valence-electron chi connectivity index (χ3n) is 3.22. The van der Waals surface area contributed by atoms with E-state index in [2.05, 4.69) is 17.5 Å². The molecular formula is C16H20N2O2. The van der Waals surface area contributed by atoms with Gasteiger partial charge in [0, 0.05) is 0 Å². The van der Waals surface area contributed by atoms with Crippen molar-refractivity contribution in [1.82, 2.24) is 5.43 Å². The van der Waals surface area contributed by atoms with E-state index in [0.29, 0.717) is 0 Å². The van der Waals surface area contributed by atoms with Crippen LogP contribution >= 0.6 is 0 Å². The number of nitrogens with zero attached hydrogens (tertiary/aromatic N) is 1. The zero-order chi connectivity index (χ0) is 14.5. The van der Waals surface area contributed by atoms with Crippen molar-refractivity contribution in [2.75, 3.05) is 6.61 Å². The second kappa shape index (κ2) is 6.37. The molecule has 1 aliphatic rings. The van der Waals surface area contributed by atoms with Crippen LogP contribution in [0.1, 0.15) is 30.9 Å². The topological polar surface area (TPSA) is 50.7 Å². The molecule has 0 saturated carbocycles. The number of rotatable bonds is 4. The molecule has 0 aromatic heterocycles. The third-order valence-corrected chi connectivity index (χ3v) is 3.22. The van der Waals surface area contributed by atoms with Crippen LogP contribution in [-0.4, -0.2) is 18.2 Å². The van der Waals surface area contributed by atoms with Crippen molar-refractivity contribution >= 4 is 11.6 Å². The van der Waals surface area contributed by atoms with Crippen molar-refractivity contribution in [2.45, 2.75) is 33.6 Å². The Bertz CT molecular complexity index is 574. The standard InChI is InChI=1S/C16H20N2O2/c1-11-5-7-14(8-11)17-18-16(19)10-20-15-9-12(2)4-6-13(15)3/h4,6,8-9H,5,7,10H2,1-3H3,(H,18,19). The molecule has 0 radical (unpaired) electrons. The van der Waals surface area contributed by atoms with E-state index in [1.807, 2.05) is 38.1 Å². The summed E-state index contributed by atoms with van der Waals surface area (Å²) in [6.07, 6.45) is 3.92. The summed E-state index contributed by atoms with van der Waals surface area (Å²) in [7, 11) is 0. The molecule has 0 fully saturated rings. The van der Waals surface area contributed by atoms with Gasteiger partial charge in [0.15, 0.2) is 6.61 Å². The maximum absolute atomic E-state index is 11.7. The van der Waals surface area contributed by atoms with Crippen molar-refractivity contribution in [3.63, 3.8) is 0 Å². The van der Waals surface area contributed by atoms with Crippen LogP contribution in [-0.2, 0) is 4.79 Å².